The predicted octanol–water partition coefficient (Wildman–Crippen LogP) is 4.38. The first kappa shape index (κ1) is 29.9. The molecule has 0 spiro atoms. The quantitative estimate of drug-likeness (QED) is 0.337. The van der Waals surface area contributed by atoms with Crippen molar-refractivity contribution in [3.63, 3.8) is 0 Å². The van der Waals surface area contributed by atoms with Crippen LogP contribution in [0.25, 0.3) is 10.8 Å². The minimum atomic E-state index is -0.794. The zero-order chi connectivity index (χ0) is 29.6. The van der Waals surface area contributed by atoms with Crippen molar-refractivity contribution < 1.29 is 14.6 Å². The second-order valence-corrected chi connectivity index (χ2v) is 11.0. The van der Waals surface area contributed by atoms with Crippen molar-refractivity contribution in [3.05, 3.63) is 71.4 Å². The van der Waals surface area contributed by atoms with Crippen molar-refractivity contribution in [3.8, 4) is 12.1 Å². The summed E-state index contributed by atoms with van der Waals surface area (Å²) in [5.41, 5.74) is 4.30. The molecule has 0 radical (unpaired) electrons. The Bertz CT molecular complexity index is 1430. The number of likely N-dealkylation sites (N-methyl/N-ethyl adjacent to an activating group) is 1. The van der Waals surface area contributed by atoms with Gasteiger partial charge in [-0.3, -0.25) is 4.90 Å². The lowest BCUT2D eigenvalue weighted by Gasteiger charge is -2.43. The maximum Gasteiger partial charge on any atom is 0.318 e. The fourth-order valence-corrected chi connectivity index (χ4v) is 6.23. The molecule has 0 bridgehead atoms. The Kier molecular flexibility index (Phi) is 9.70. The maximum atomic E-state index is 10.5. The van der Waals surface area contributed by atoms with Gasteiger partial charge in [-0.2, -0.15) is 15.2 Å². The molecule has 0 amide bonds. The van der Waals surface area contributed by atoms with E-state index in [1.807, 2.05) is 4.90 Å². The van der Waals surface area contributed by atoms with Crippen molar-refractivity contribution in [1.29, 1.82) is 5.26 Å². The van der Waals surface area contributed by atoms with E-state index in [-0.39, 0.29) is 12.1 Å². The summed E-state index contributed by atoms with van der Waals surface area (Å²) in [7, 11) is 0. The van der Waals surface area contributed by atoms with Crippen molar-refractivity contribution in [2.24, 2.45) is 0 Å². The van der Waals surface area contributed by atoms with Gasteiger partial charge in [0.2, 0.25) is 0 Å². The van der Waals surface area contributed by atoms with Gasteiger partial charge in [0.25, 0.3) is 0 Å². The topological polar surface area (TPSA) is 98.0 Å². The molecule has 2 aliphatic heterocycles. The number of hydrogen-bond donors (Lipinski definition) is 1. The number of nitrogens with zero attached hydrogens (tertiary/aromatic N) is 6. The van der Waals surface area contributed by atoms with Crippen LogP contribution in [-0.4, -0.2) is 83.0 Å². The predicted molar refractivity (Wildman–Crippen MR) is 164 cm³/mol. The number of benzene rings is 2. The molecular weight excluding hydrogens is 528 g/mol. The van der Waals surface area contributed by atoms with E-state index >= 15 is 0 Å². The molecule has 5 rings (SSSR count). The van der Waals surface area contributed by atoms with E-state index in [9.17, 15) is 10.4 Å². The van der Waals surface area contributed by atoms with Crippen molar-refractivity contribution in [1.82, 2.24) is 19.8 Å². The number of aliphatic hydroxyl groups excluding tert-OH is 1. The van der Waals surface area contributed by atoms with E-state index in [0.29, 0.717) is 51.7 Å². The van der Waals surface area contributed by atoms with Crippen molar-refractivity contribution in [2.45, 2.75) is 58.6 Å². The highest BCUT2D eigenvalue weighted by atomic mass is 16.5. The molecule has 0 aliphatic carbocycles. The zero-order valence-corrected chi connectivity index (χ0v) is 25.0. The highest BCUT2D eigenvalue weighted by Crippen LogP contribution is 2.38. The van der Waals surface area contributed by atoms with Crippen LogP contribution >= 0.6 is 0 Å². The van der Waals surface area contributed by atoms with Gasteiger partial charge in [0.15, 0.2) is 0 Å². The number of fused-ring (bicyclic) bond motifs is 2. The van der Waals surface area contributed by atoms with Gasteiger partial charge in [-0.25, -0.2) is 0 Å². The number of aromatic nitrogens is 2. The molecule has 2 aliphatic rings. The van der Waals surface area contributed by atoms with E-state index in [1.54, 1.807) is 0 Å². The highest BCUT2D eigenvalue weighted by Gasteiger charge is 2.34. The number of hydrogen-bond acceptors (Lipinski definition) is 9. The van der Waals surface area contributed by atoms with Gasteiger partial charge in [-0.05, 0) is 48.0 Å². The standard InChI is InChI=1S/C33H42N6O3/c1-5-30(40)39-17-16-38(21-25(39)14-15-34)32-27-22-42-29(26-13-9-12-24-11-8-10-23(4)31(24)26)20-28(27)35-33(36-32)41-19-18-37(6-2)7-3/h5,8-13,25,29-30,40H,1,6-7,14,16-22H2,2-4H3/t25-,29-,30?/m0/s1. The SMILES string of the molecule is C=CC(O)N1CCN(c2nc(OCCN(CC)CC)nc3c2CO[C@H](c2cccc4cccc(C)c24)C3)C[C@@H]1CC#N. The number of nitriles is 1. The van der Waals surface area contributed by atoms with Crippen LogP contribution in [0.2, 0.25) is 0 Å². The van der Waals surface area contributed by atoms with E-state index in [1.165, 1.54) is 28.0 Å². The van der Waals surface area contributed by atoms with Crippen LogP contribution in [0.3, 0.4) is 0 Å². The molecule has 1 saturated heterocycles. The number of anilines is 1. The Morgan fingerprint density at radius 2 is 2.00 bits per heavy atom. The van der Waals surface area contributed by atoms with Crippen LogP contribution in [0.15, 0.2) is 49.1 Å². The van der Waals surface area contributed by atoms with Crippen LogP contribution in [0.4, 0.5) is 5.82 Å². The Balaban J connectivity index is 1.48. The number of piperazine rings is 1. The van der Waals surface area contributed by atoms with Gasteiger partial charge in [0.1, 0.15) is 18.7 Å². The van der Waals surface area contributed by atoms with Gasteiger partial charge in [-0.1, -0.05) is 56.8 Å². The zero-order valence-electron chi connectivity index (χ0n) is 25.0. The fourth-order valence-electron chi connectivity index (χ4n) is 6.23. The molecule has 1 unspecified atom stereocenters. The Morgan fingerprint density at radius 3 is 2.74 bits per heavy atom. The van der Waals surface area contributed by atoms with Crippen molar-refractivity contribution >= 4 is 16.6 Å². The van der Waals surface area contributed by atoms with Crippen LogP contribution in [0.5, 0.6) is 6.01 Å². The normalized spacial score (nSPS) is 19.9. The lowest BCUT2D eigenvalue weighted by atomic mass is 9.92. The summed E-state index contributed by atoms with van der Waals surface area (Å²) in [6, 6.07) is 15.3. The molecule has 2 aromatic carbocycles. The number of rotatable bonds is 11. The first-order chi connectivity index (χ1) is 20.5. The summed E-state index contributed by atoms with van der Waals surface area (Å²) in [5.74, 6) is 0.793. The Morgan fingerprint density at radius 1 is 1.21 bits per heavy atom. The Labute approximate surface area is 249 Å². The molecule has 222 valence electrons. The van der Waals surface area contributed by atoms with E-state index in [4.69, 9.17) is 19.4 Å². The molecule has 1 N–H and O–H groups in total. The van der Waals surface area contributed by atoms with Gasteiger partial charge < -0.3 is 24.4 Å². The first-order valence-corrected chi connectivity index (χ1v) is 15.0. The third-order valence-electron chi connectivity index (χ3n) is 8.59. The summed E-state index contributed by atoms with van der Waals surface area (Å²) >= 11 is 0. The number of aliphatic hydroxyl groups is 1. The average Bonchev–Trinajstić information content (AvgIpc) is 3.02. The van der Waals surface area contributed by atoms with Crippen LogP contribution < -0.4 is 9.64 Å². The van der Waals surface area contributed by atoms with Crippen LogP contribution in [-0.2, 0) is 17.8 Å². The van der Waals surface area contributed by atoms with E-state index < -0.39 is 6.23 Å². The lowest BCUT2D eigenvalue weighted by molar-refractivity contribution is 0.00378. The molecule has 0 saturated carbocycles. The molecule has 42 heavy (non-hydrogen) atoms. The number of ether oxygens (including phenoxy) is 2. The molecule has 9 heteroatoms. The molecule has 3 atom stereocenters. The smallest absolute Gasteiger partial charge is 0.318 e. The molecule has 1 aromatic heterocycles. The first-order valence-electron chi connectivity index (χ1n) is 15.0. The molecule has 3 aromatic rings. The summed E-state index contributed by atoms with van der Waals surface area (Å²) < 4.78 is 12.7. The highest BCUT2D eigenvalue weighted by molar-refractivity contribution is 5.89. The third-order valence-corrected chi connectivity index (χ3v) is 8.59. The summed E-state index contributed by atoms with van der Waals surface area (Å²) in [6.07, 6.45) is 1.48. The van der Waals surface area contributed by atoms with Crippen LogP contribution in [0.1, 0.15) is 48.8 Å². The minimum absolute atomic E-state index is 0.139. The third kappa shape index (κ3) is 6.27. The van der Waals surface area contributed by atoms with E-state index in [2.05, 4.69) is 79.6 Å². The molecular formula is C33H42N6O3. The van der Waals surface area contributed by atoms with Gasteiger partial charge in [0.05, 0.1) is 30.9 Å². The fraction of sp³-hybridized carbons (Fsp3) is 0.485. The van der Waals surface area contributed by atoms with Gasteiger partial charge in [0, 0.05) is 44.2 Å². The summed E-state index contributed by atoms with van der Waals surface area (Å²) in [4.78, 5) is 16.3. The largest absolute Gasteiger partial charge is 0.462 e. The molecule has 3 heterocycles. The Hall–Kier alpha value is -3.55. The summed E-state index contributed by atoms with van der Waals surface area (Å²) in [6.45, 7) is 15.5. The van der Waals surface area contributed by atoms with E-state index in [0.717, 1.165) is 36.7 Å². The number of aryl methyl sites for hydroxylation is 1. The molecule has 1 fully saturated rings. The average molecular weight is 571 g/mol. The molecule has 9 nitrogen and oxygen atoms in total. The summed E-state index contributed by atoms with van der Waals surface area (Å²) in [5, 5.41) is 22.5. The van der Waals surface area contributed by atoms with Gasteiger partial charge >= 0.3 is 6.01 Å². The van der Waals surface area contributed by atoms with Crippen molar-refractivity contribution in [2.75, 3.05) is 50.8 Å². The monoisotopic (exact) mass is 570 g/mol. The second kappa shape index (κ2) is 13.6. The van der Waals surface area contributed by atoms with Gasteiger partial charge in [-0.15, -0.1) is 0 Å². The lowest BCUT2D eigenvalue weighted by Crippen LogP contribution is -2.56. The second-order valence-electron chi connectivity index (χ2n) is 11.0. The minimum Gasteiger partial charge on any atom is -0.462 e. The maximum absolute atomic E-state index is 10.5. The van der Waals surface area contributed by atoms with Crippen LogP contribution in [0, 0.1) is 18.3 Å².